The minimum Gasteiger partial charge on any atom is -0.375 e. The number of rotatable bonds is 4. The van der Waals surface area contributed by atoms with E-state index in [1.54, 1.807) is 0 Å². The van der Waals surface area contributed by atoms with Crippen LogP contribution >= 0.6 is 11.6 Å². The maximum Gasteiger partial charge on any atom is 0.0616 e. The third kappa shape index (κ3) is 4.15. The van der Waals surface area contributed by atoms with Crippen molar-refractivity contribution in [3.8, 4) is 0 Å². The van der Waals surface area contributed by atoms with Gasteiger partial charge in [-0.15, -0.1) is 11.6 Å². The Balaban J connectivity index is 2.24. The predicted molar refractivity (Wildman–Crippen MR) is 57.3 cm³/mol. The first-order chi connectivity index (χ1) is 6.22. The highest BCUT2D eigenvalue weighted by Gasteiger charge is 2.21. The van der Waals surface area contributed by atoms with Crippen molar-refractivity contribution in [3.05, 3.63) is 11.6 Å². The smallest absolute Gasteiger partial charge is 0.0616 e. The first-order valence-electron chi connectivity index (χ1n) is 5.09. The normalized spacial score (nSPS) is 29.6. The zero-order chi connectivity index (χ0) is 9.68. The number of hydrogen-bond donors (Lipinski definition) is 0. The molecule has 13 heavy (non-hydrogen) atoms. The van der Waals surface area contributed by atoms with Crippen LogP contribution in [0, 0.1) is 0 Å². The molecule has 1 aliphatic heterocycles. The molecule has 0 aromatic carbocycles. The molecule has 76 valence electrons. The van der Waals surface area contributed by atoms with E-state index in [0.717, 1.165) is 18.7 Å². The molecule has 0 radical (unpaired) electrons. The SMILES string of the molecule is CC(=CCCCl)CC1CCC(C)O1. The van der Waals surface area contributed by atoms with Crippen molar-refractivity contribution in [1.82, 2.24) is 0 Å². The summed E-state index contributed by atoms with van der Waals surface area (Å²) in [6, 6.07) is 0. The minimum absolute atomic E-state index is 0.460. The maximum absolute atomic E-state index is 5.74. The lowest BCUT2D eigenvalue weighted by molar-refractivity contribution is 0.0564. The van der Waals surface area contributed by atoms with Crippen molar-refractivity contribution < 1.29 is 4.74 Å². The Labute approximate surface area is 86.1 Å². The summed E-state index contributed by atoms with van der Waals surface area (Å²) in [6.07, 6.45) is 7.64. The van der Waals surface area contributed by atoms with Crippen LogP contribution in [0.25, 0.3) is 0 Å². The van der Waals surface area contributed by atoms with Gasteiger partial charge in [-0.1, -0.05) is 11.6 Å². The molecule has 0 bridgehead atoms. The average molecular weight is 203 g/mol. The van der Waals surface area contributed by atoms with Gasteiger partial charge in [-0.25, -0.2) is 0 Å². The molecule has 0 aromatic rings. The van der Waals surface area contributed by atoms with E-state index >= 15 is 0 Å². The third-order valence-corrected chi connectivity index (χ3v) is 2.69. The third-order valence-electron chi connectivity index (χ3n) is 2.47. The number of ether oxygens (including phenoxy) is 1. The van der Waals surface area contributed by atoms with Crippen LogP contribution in [0.4, 0.5) is 0 Å². The fraction of sp³-hybridized carbons (Fsp3) is 0.818. The molecule has 2 heteroatoms. The average Bonchev–Trinajstić information content (AvgIpc) is 2.48. The molecule has 1 fully saturated rings. The maximum atomic E-state index is 5.74. The van der Waals surface area contributed by atoms with Crippen molar-refractivity contribution in [1.29, 1.82) is 0 Å². The van der Waals surface area contributed by atoms with Gasteiger partial charge in [0, 0.05) is 5.88 Å². The molecular formula is C11H19ClO. The summed E-state index contributed by atoms with van der Waals surface area (Å²) in [5, 5.41) is 0. The Morgan fingerprint density at radius 3 is 2.85 bits per heavy atom. The zero-order valence-corrected chi connectivity index (χ0v) is 9.31. The van der Waals surface area contributed by atoms with Crippen LogP contribution in [-0.4, -0.2) is 18.1 Å². The summed E-state index contributed by atoms with van der Waals surface area (Å²) in [6.45, 7) is 4.32. The summed E-state index contributed by atoms with van der Waals surface area (Å²) in [5.74, 6) is 0.721. The van der Waals surface area contributed by atoms with Gasteiger partial charge in [-0.2, -0.15) is 0 Å². The van der Waals surface area contributed by atoms with E-state index in [1.165, 1.54) is 18.4 Å². The van der Waals surface area contributed by atoms with Gasteiger partial charge in [0.2, 0.25) is 0 Å². The Bertz CT molecular complexity index is 177. The van der Waals surface area contributed by atoms with Crippen molar-refractivity contribution in [2.75, 3.05) is 5.88 Å². The molecule has 0 aromatic heterocycles. The molecule has 1 rings (SSSR count). The van der Waals surface area contributed by atoms with E-state index < -0.39 is 0 Å². The molecule has 0 amide bonds. The number of allylic oxidation sites excluding steroid dienone is 1. The standard InChI is InChI=1S/C11H19ClO/c1-9(4-3-7-12)8-11-6-5-10(2)13-11/h4,10-11H,3,5-8H2,1-2H3. The molecule has 1 nitrogen and oxygen atoms in total. The lowest BCUT2D eigenvalue weighted by atomic mass is 10.1. The molecule has 1 aliphatic rings. The van der Waals surface area contributed by atoms with Gasteiger partial charge in [0.15, 0.2) is 0 Å². The van der Waals surface area contributed by atoms with Crippen molar-refractivity contribution in [2.24, 2.45) is 0 Å². The van der Waals surface area contributed by atoms with E-state index in [9.17, 15) is 0 Å². The van der Waals surface area contributed by atoms with Crippen LogP contribution in [-0.2, 0) is 4.74 Å². The highest BCUT2D eigenvalue weighted by Crippen LogP contribution is 2.24. The van der Waals surface area contributed by atoms with Crippen LogP contribution in [0.3, 0.4) is 0 Å². The van der Waals surface area contributed by atoms with Gasteiger partial charge in [0.25, 0.3) is 0 Å². The van der Waals surface area contributed by atoms with Crippen LogP contribution in [0.15, 0.2) is 11.6 Å². The summed E-state index contributed by atoms with van der Waals surface area (Å²) < 4.78 is 5.74. The Hall–Kier alpha value is -0.0100. The second-order valence-corrected chi connectivity index (χ2v) is 4.26. The van der Waals surface area contributed by atoms with Gasteiger partial charge >= 0.3 is 0 Å². The number of hydrogen-bond acceptors (Lipinski definition) is 1. The highest BCUT2D eigenvalue weighted by molar-refractivity contribution is 6.17. The highest BCUT2D eigenvalue weighted by atomic mass is 35.5. The summed E-state index contributed by atoms with van der Waals surface area (Å²) in [5.41, 5.74) is 1.42. The second kappa shape index (κ2) is 5.66. The molecule has 1 saturated heterocycles. The molecule has 0 saturated carbocycles. The number of alkyl halides is 1. The monoisotopic (exact) mass is 202 g/mol. The zero-order valence-electron chi connectivity index (χ0n) is 8.55. The molecule has 0 aliphatic carbocycles. The van der Waals surface area contributed by atoms with Crippen molar-refractivity contribution >= 4 is 11.6 Å². The molecular weight excluding hydrogens is 184 g/mol. The van der Waals surface area contributed by atoms with E-state index in [0.29, 0.717) is 12.2 Å². The summed E-state index contributed by atoms with van der Waals surface area (Å²) >= 11 is 5.61. The molecule has 2 unspecified atom stereocenters. The van der Waals surface area contributed by atoms with Crippen molar-refractivity contribution in [2.45, 2.75) is 51.7 Å². The Morgan fingerprint density at radius 1 is 1.54 bits per heavy atom. The van der Waals surface area contributed by atoms with E-state index in [1.807, 2.05) is 0 Å². The quantitative estimate of drug-likeness (QED) is 0.501. The fourth-order valence-corrected chi connectivity index (χ4v) is 1.89. The summed E-state index contributed by atoms with van der Waals surface area (Å²) in [7, 11) is 0. The second-order valence-electron chi connectivity index (χ2n) is 3.88. The van der Waals surface area contributed by atoms with E-state index in [4.69, 9.17) is 16.3 Å². The van der Waals surface area contributed by atoms with Crippen LogP contribution in [0.1, 0.15) is 39.5 Å². The molecule has 0 spiro atoms. The summed E-state index contributed by atoms with van der Waals surface area (Å²) in [4.78, 5) is 0. The van der Waals surface area contributed by atoms with Crippen LogP contribution < -0.4 is 0 Å². The first-order valence-corrected chi connectivity index (χ1v) is 5.63. The van der Waals surface area contributed by atoms with E-state index in [-0.39, 0.29) is 0 Å². The Morgan fingerprint density at radius 2 is 2.31 bits per heavy atom. The lowest BCUT2D eigenvalue weighted by Gasteiger charge is -2.10. The fourth-order valence-electron chi connectivity index (χ4n) is 1.78. The number of halogens is 1. The van der Waals surface area contributed by atoms with Gasteiger partial charge in [0.1, 0.15) is 0 Å². The first kappa shape index (κ1) is 11.1. The Kier molecular flexibility index (Phi) is 4.82. The van der Waals surface area contributed by atoms with Crippen LogP contribution in [0.5, 0.6) is 0 Å². The lowest BCUT2D eigenvalue weighted by Crippen LogP contribution is -2.08. The van der Waals surface area contributed by atoms with Gasteiger partial charge in [-0.3, -0.25) is 0 Å². The largest absolute Gasteiger partial charge is 0.375 e. The predicted octanol–water partition coefficient (Wildman–Crippen LogP) is 3.52. The van der Waals surface area contributed by atoms with E-state index in [2.05, 4.69) is 19.9 Å². The molecule has 1 heterocycles. The minimum atomic E-state index is 0.460. The van der Waals surface area contributed by atoms with Gasteiger partial charge < -0.3 is 4.74 Å². The van der Waals surface area contributed by atoms with Crippen molar-refractivity contribution in [3.63, 3.8) is 0 Å². The molecule has 2 atom stereocenters. The van der Waals surface area contributed by atoms with Crippen LogP contribution in [0.2, 0.25) is 0 Å². The van der Waals surface area contributed by atoms with Gasteiger partial charge in [-0.05, 0) is 39.5 Å². The van der Waals surface area contributed by atoms with Gasteiger partial charge in [0.05, 0.1) is 12.2 Å². The topological polar surface area (TPSA) is 9.23 Å². The molecule has 0 N–H and O–H groups in total.